The molecule has 0 spiro atoms. The highest BCUT2D eigenvalue weighted by Gasteiger charge is 2.38. The van der Waals surface area contributed by atoms with Crippen LogP contribution >= 0.6 is 0 Å². The van der Waals surface area contributed by atoms with Gasteiger partial charge in [0.25, 0.3) is 0 Å². The Labute approximate surface area is 198 Å². The van der Waals surface area contributed by atoms with Crippen molar-refractivity contribution in [2.24, 2.45) is 0 Å². The van der Waals surface area contributed by atoms with Crippen LogP contribution in [-0.4, -0.2) is 41.0 Å². The van der Waals surface area contributed by atoms with Gasteiger partial charge in [0.2, 0.25) is 5.95 Å². The fourth-order valence-electron chi connectivity index (χ4n) is 5.20. The van der Waals surface area contributed by atoms with Crippen LogP contribution in [0.3, 0.4) is 0 Å². The van der Waals surface area contributed by atoms with Crippen LogP contribution in [0.5, 0.6) is 0 Å². The summed E-state index contributed by atoms with van der Waals surface area (Å²) >= 11 is 0. The van der Waals surface area contributed by atoms with Crippen LogP contribution in [0, 0.1) is 0 Å². The van der Waals surface area contributed by atoms with Crippen molar-refractivity contribution in [1.82, 2.24) is 14.9 Å². The lowest BCUT2D eigenvalue weighted by molar-refractivity contribution is -0.141. The Morgan fingerprint density at radius 3 is 1.88 bits per heavy atom. The number of halogens is 3. The first-order valence-electron chi connectivity index (χ1n) is 12.1. The smallest absolute Gasteiger partial charge is 0.338 e. The van der Waals surface area contributed by atoms with E-state index in [1.54, 1.807) is 0 Å². The van der Waals surface area contributed by atoms with Gasteiger partial charge in [0.05, 0.1) is 6.04 Å². The second-order valence-electron chi connectivity index (χ2n) is 9.10. The van der Waals surface area contributed by atoms with Crippen molar-refractivity contribution in [3.63, 3.8) is 0 Å². The highest BCUT2D eigenvalue weighted by Crippen LogP contribution is 2.36. The molecule has 0 radical (unpaired) electrons. The zero-order chi connectivity index (χ0) is 23.5. The molecule has 0 amide bonds. The first-order valence-corrected chi connectivity index (χ1v) is 12.1. The van der Waals surface area contributed by atoms with Gasteiger partial charge in [-0.3, -0.25) is 4.90 Å². The Hall–Kier alpha value is -2.93. The number of rotatable bonds is 4. The summed E-state index contributed by atoms with van der Waals surface area (Å²) in [7, 11) is 0. The average Bonchev–Trinajstić information content (AvgIpc) is 3.10. The molecule has 2 aliphatic rings. The molecule has 0 bridgehead atoms. The quantitative estimate of drug-likeness (QED) is 0.464. The fourth-order valence-corrected chi connectivity index (χ4v) is 5.20. The number of aryl methyl sites for hydroxylation is 1. The van der Waals surface area contributed by atoms with E-state index in [4.69, 9.17) is 0 Å². The lowest BCUT2D eigenvalue weighted by atomic mass is 9.96. The van der Waals surface area contributed by atoms with Gasteiger partial charge in [0.15, 0.2) is 5.69 Å². The molecule has 0 N–H and O–H groups in total. The van der Waals surface area contributed by atoms with E-state index in [1.807, 2.05) is 41.3 Å². The van der Waals surface area contributed by atoms with Gasteiger partial charge in [-0.25, -0.2) is 9.97 Å². The van der Waals surface area contributed by atoms with E-state index in [0.29, 0.717) is 37.2 Å². The van der Waals surface area contributed by atoms with Crippen molar-refractivity contribution in [2.45, 2.75) is 44.3 Å². The lowest BCUT2D eigenvalue weighted by Crippen LogP contribution is -2.48. The number of aromatic nitrogens is 2. The van der Waals surface area contributed by atoms with E-state index in [2.05, 4.69) is 39.1 Å². The van der Waals surface area contributed by atoms with Crippen LogP contribution in [0.25, 0.3) is 0 Å². The van der Waals surface area contributed by atoms with E-state index >= 15 is 0 Å². The summed E-state index contributed by atoms with van der Waals surface area (Å²) in [4.78, 5) is 13.1. The van der Waals surface area contributed by atoms with E-state index in [0.717, 1.165) is 32.4 Å². The van der Waals surface area contributed by atoms with Crippen molar-refractivity contribution in [2.75, 3.05) is 31.1 Å². The standard InChI is InChI=1S/C27H29F3N4/c28-27(29,30)25-22-14-8-3-9-15-23(22)31-26(32-25)34-18-16-33(17-19-34)24(20-10-4-1-5-11-20)21-12-6-2-7-13-21/h1-2,4-7,10-13,24H,3,8-9,14-19H2. The van der Waals surface area contributed by atoms with Gasteiger partial charge < -0.3 is 4.90 Å². The normalized spacial score (nSPS) is 17.5. The molecule has 5 rings (SSSR count). The lowest BCUT2D eigenvalue weighted by Gasteiger charge is -2.40. The summed E-state index contributed by atoms with van der Waals surface area (Å²) in [5, 5.41) is 0. The molecule has 0 saturated carbocycles. The Balaban J connectivity index is 1.40. The summed E-state index contributed by atoms with van der Waals surface area (Å²) in [5.74, 6) is 0.226. The zero-order valence-corrected chi connectivity index (χ0v) is 19.1. The first kappa shape index (κ1) is 22.8. The second kappa shape index (κ2) is 9.74. The Kier molecular flexibility index (Phi) is 6.55. The first-order chi connectivity index (χ1) is 16.5. The summed E-state index contributed by atoms with van der Waals surface area (Å²) < 4.78 is 41.6. The number of hydrogen-bond donors (Lipinski definition) is 0. The molecule has 4 nitrogen and oxygen atoms in total. The van der Waals surface area contributed by atoms with Crippen LogP contribution in [0.1, 0.15) is 53.4 Å². The van der Waals surface area contributed by atoms with E-state index in [9.17, 15) is 13.2 Å². The number of fused-ring (bicyclic) bond motifs is 1. The van der Waals surface area contributed by atoms with Gasteiger partial charge in [-0.15, -0.1) is 0 Å². The predicted molar refractivity (Wildman–Crippen MR) is 127 cm³/mol. The largest absolute Gasteiger partial charge is 0.433 e. The van der Waals surface area contributed by atoms with Gasteiger partial charge in [-0.1, -0.05) is 67.1 Å². The maximum atomic E-state index is 13.9. The fraction of sp³-hybridized carbons (Fsp3) is 0.407. The molecule has 7 heteroatoms. The monoisotopic (exact) mass is 466 g/mol. The van der Waals surface area contributed by atoms with Gasteiger partial charge in [0.1, 0.15) is 0 Å². The van der Waals surface area contributed by atoms with Gasteiger partial charge in [-0.05, 0) is 36.8 Å². The minimum atomic E-state index is -4.46. The maximum Gasteiger partial charge on any atom is 0.433 e. The molecule has 178 valence electrons. The highest BCUT2D eigenvalue weighted by molar-refractivity contribution is 5.40. The minimum Gasteiger partial charge on any atom is -0.338 e. The highest BCUT2D eigenvalue weighted by atomic mass is 19.4. The molecule has 0 unspecified atom stereocenters. The molecule has 34 heavy (non-hydrogen) atoms. The van der Waals surface area contributed by atoms with E-state index in [1.165, 1.54) is 11.1 Å². The molecular formula is C27H29F3N4. The Bertz CT molecular complexity index is 1050. The third-order valence-electron chi connectivity index (χ3n) is 6.88. The number of piperazine rings is 1. The summed E-state index contributed by atoms with van der Waals surface area (Å²) in [5.41, 5.74) is 2.58. The van der Waals surface area contributed by atoms with Crippen molar-refractivity contribution in [3.8, 4) is 0 Å². The third-order valence-corrected chi connectivity index (χ3v) is 6.88. The topological polar surface area (TPSA) is 32.3 Å². The SMILES string of the molecule is FC(F)(F)c1nc(N2CCN(C(c3ccccc3)c3ccccc3)CC2)nc2c1CCCCC2. The molecule has 0 atom stereocenters. The van der Waals surface area contributed by atoms with Gasteiger partial charge in [-0.2, -0.15) is 13.2 Å². The molecule has 1 saturated heterocycles. The molecule has 2 heterocycles. The summed E-state index contributed by atoms with van der Waals surface area (Å²) in [6.07, 6.45) is -0.879. The van der Waals surface area contributed by atoms with Crippen LogP contribution in [0.4, 0.5) is 19.1 Å². The third kappa shape index (κ3) is 4.80. The minimum absolute atomic E-state index is 0.100. The zero-order valence-electron chi connectivity index (χ0n) is 19.1. The molecule has 1 aromatic heterocycles. The summed E-state index contributed by atoms with van der Waals surface area (Å²) in [6, 6.07) is 20.8. The number of anilines is 1. The molecular weight excluding hydrogens is 437 g/mol. The average molecular weight is 467 g/mol. The Morgan fingerprint density at radius 2 is 1.29 bits per heavy atom. The van der Waals surface area contributed by atoms with Crippen molar-refractivity contribution in [3.05, 3.63) is 88.7 Å². The second-order valence-corrected chi connectivity index (χ2v) is 9.10. The Morgan fingerprint density at radius 1 is 0.706 bits per heavy atom. The van der Waals surface area contributed by atoms with Gasteiger partial charge in [0, 0.05) is 37.4 Å². The molecule has 1 aliphatic heterocycles. The predicted octanol–water partition coefficient (Wildman–Crippen LogP) is 5.68. The van der Waals surface area contributed by atoms with Crippen LogP contribution in [0.2, 0.25) is 0 Å². The van der Waals surface area contributed by atoms with Crippen molar-refractivity contribution >= 4 is 5.95 Å². The van der Waals surface area contributed by atoms with E-state index < -0.39 is 11.9 Å². The number of alkyl halides is 3. The van der Waals surface area contributed by atoms with Crippen molar-refractivity contribution < 1.29 is 13.2 Å². The molecule has 3 aromatic rings. The maximum absolute atomic E-state index is 13.9. The molecule has 1 fully saturated rings. The summed E-state index contributed by atoms with van der Waals surface area (Å²) in [6.45, 7) is 2.62. The number of benzene rings is 2. The molecule has 1 aliphatic carbocycles. The van der Waals surface area contributed by atoms with Crippen LogP contribution in [0.15, 0.2) is 60.7 Å². The van der Waals surface area contributed by atoms with Crippen molar-refractivity contribution in [1.29, 1.82) is 0 Å². The molecule has 2 aromatic carbocycles. The van der Waals surface area contributed by atoms with Crippen LogP contribution < -0.4 is 4.90 Å². The number of nitrogens with zero attached hydrogens (tertiary/aromatic N) is 4. The van der Waals surface area contributed by atoms with Crippen LogP contribution in [-0.2, 0) is 19.0 Å². The van der Waals surface area contributed by atoms with E-state index in [-0.39, 0.29) is 12.0 Å². The van der Waals surface area contributed by atoms with Gasteiger partial charge >= 0.3 is 6.18 Å². The number of hydrogen-bond acceptors (Lipinski definition) is 4.